The lowest BCUT2D eigenvalue weighted by Crippen LogP contribution is -2.48. The summed E-state index contributed by atoms with van der Waals surface area (Å²) in [4.78, 5) is 37.9. The first-order chi connectivity index (χ1) is 14.9. The predicted octanol–water partition coefficient (Wildman–Crippen LogP) is 2.93. The fourth-order valence-electron chi connectivity index (χ4n) is 3.47. The molecule has 0 radical (unpaired) electrons. The molecule has 1 aliphatic heterocycles. The Morgan fingerprint density at radius 2 is 1.77 bits per heavy atom. The summed E-state index contributed by atoms with van der Waals surface area (Å²) < 4.78 is 12.9. The van der Waals surface area contributed by atoms with E-state index >= 15 is 0 Å². The normalized spacial score (nSPS) is 14.6. The summed E-state index contributed by atoms with van der Waals surface area (Å²) in [5.41, 5.74) is 1.96. The van der Waals surface area contributed by atoms with Crippen molar-refractivity contribution >= 4 is 23.4 Å². The van der Waals surface area contributed by atoms with Crippen LogP contribution in [0.3, 0.4) is 0 Å². The lowest BCUT2D eigenvalue weighted by Gasteiger charge is -2.31. The first kappa shape index (κ1) is 22.4. The van der Waals surface area contributed by atoms with Crippen molar-refractivity contribution < 1.29 is 18.8 Å². The van der Waals surface area contributed by atoms with Gasteiger partial charge in [-0.05, 0) is 49.6 Å². The van der Waals surface area contributed by atoms with Crippen LogP contribution in [0, 0.1) is 5.82 Å². The van der Waals surface area contributed by atoms with Gasteiger partial charge in [0.2, 0.25) is 5.91 Å². The largest absolute Gasteiger partial charge is 0.351 e. The molecular formula is C23H27FN4O3. The zero-order valence-corrected chi connectivity index (χ0v) is 17.5. The molecule has 3 rings (SSSR count). The Morgan fingerprint density at radius 3 is 2.45 bits per heavy atom. The standard InChI is InChI=1S/C23H27FN4O3/c1-16(29)18-3-2-4-21(13-18)27-23(31)26-20-9-11-28(12-10-20)15-22(30)25-14-17-5-7-19(24)8-6-17/h2-8,13,20H,9-12,14-15H2,1H3,(H,25,30)(H2,26,27,31). The van der Waals surface area contributed by atoms with Gasteiger partial charge in [0.25, 0.3) is 0 Å². The smallest absolute Gasteiger partial charge is 0.319 e. The van der Waals surface area contributed by atoms with Crippen LogP contribution in [-0.4, -0.2) is 48.3 Å². The van der Waals surface area contributed by atoms with Gasteiger partial charge in [0.15, 0.2) is 5.78 Å². The van der Waals surface area contributed by atoms with E-state index in [1.54, 1.807) is 36.4 Å². The van der Waals surface area contributed by atoms with Gasteiger partial charge in [0, 0.05) is 36.9 Å². The third-order valence-electron chi connectivity index (χ3n) is 5.22. The predicted molar refractivity (Wildman–Crippen MR) is 116 cm³/mol. The van der Waals surface area contributed by atoms with Gasteiger partial charge < -0.3 is 16.0 Å². The fraction of sp³-hybridized carbons (Fsp3) is 0.348. The van der Waals surface area contributed by atoms with Crippen molar-refractivity contribution in [1.29, 1.82) is 0 Å². The van der Waals surface area contributed by atoms with Crippen LogP contribution in [0.25, 0.3) is 0 Å². The number of piperidine rings is 1. The van der Waals surface area contributed by atoms with E-state index in [9.17, 15) is 18.8 Å². The number of urea groups is 1. The second-order valence-electron chi connectivity index (χ2n) is 7.69. The van der Waals surface area contributed by atoms with Crippen molar-refractivity contribution in [3.05, 3.63) is 65.5 Å². The minimum Gasteiger partial charge on any atom is -0.351 e. The summed E-state index contributed by atoms with van der Waals surface area (Å²) >= 11 is 0. The quantitative estimate of drug-likeness (QED) is 0.594. The number of anilines is 1. The summed E-state index contributed by atoms with van der Waals surface area (Å²) in [6.07, 6.45) is 1.48. The minimum absolute atomic E-state index is 0.0227. The van der Waals surface area contributed by atoms with Crippen LogP contribution < -0.4 is 16.0 Å². The van der Waals surface area contributed by atoms with E-state index in [4.69, 9.17) is 0 Å². The van der Waals surface area contributed by atoms with Crippen molar-refractivity contribution in [2.45, 2.75) is 32.4 Å². The van der Waals surface area contributed by atoms with E-state index in [0.29, 0.717) is 30.9 Å². The van der Waals surface area contributed by atoms with Crippen molar-refractivity contribution in [1.82, 2.24) is 15.5 Å². The van der Waals surface area contributed by atoms with Crippen LogP contribution in [0.15, 0.2) is 48.5 Å². The van der Waals surface area contributed by atoms with Gasteiger partial charge >= 0.3 is 6.03 Å². The Kier molecular flexibility index (Phi) is 7.72. The van der Waals surface area contributed by atoms with Gasteiger partial charge in [-0.1, -0.05) is 24.3 Å². The highest BCUT2D eigenvalue weighted by atomic mass is 19.1. The SMILES string of the molecule is CC(=O)c1cccc(NC(=O)NC2CCN(CC(=O)NCc3ccc(F)cc3)CC2)c1. The highest BCUT2D eigenvalue weighted by Gasteiger charge is 2.22. The fourth-order valence-corrected chi connectivity index (χ4v) is 3.47. The zero-order valence-electron chi connectivity index (χ0n) is 17.5. The molecule has 0 atom stereocenters. The van der Waals surface area contributed by atoms with Crippen molar-refractivity contribution in [2.75, 3.05) is 25.0 Å². The summed E-state index contributed by atoms with van der Waals surface area (Å²) in [6, 6.07) is 12.6. The molecule has 0 spiro atoms. The number of hydrogen-bond donors (Lipinski definition) is 3. The monoisotopic (exact) mass is 426 g/mol. The number of amides is 3. The summed E-state index contributed by atoms with van der Waals surface area (Å²) in [5.74, 6) is -0.443. The van der Waals surface area contributed by atoms with Gasteiger partial charge in [0.1, 0.15) is 5.82 Å². The Bertz CT molecular complexity index is 925. The molecular weight excluding hydrogens is 399 g/mol. The van der Waals surface area contributed by atoms with Gasteiger partial charge in [0.05, 0.1) is 6.54 Å². The average molecular weight is 426 g/mol. The van der Waals surface area contributed by atoms with E-state index in [-0.39, 0.29) is 36.1 Å². The lowest BCUT2D eigenvalue weighted by atomic mass is 10.1. The number of carbonyl (C=O) groups excluding carboxylic acids is 3. The zero-order chi connectivity index (χ0) is 22.2. The van der Waals surface area contributed by atoms with Crippen LogP contribution in [0.2, 0.25) is 0 Å². The maximum absolute atomic E-state index is 12.9. The van der Waals surface area contributed by atoms with E-state index < -0.39 is 0 Å². The Morgan fingerprint density at radius 1 is 1.06 bits per heavy atom. The molecule has 1 fully saturated rings. The second-order valence-corrected chi connectivity index (χ2v) is 7.69. The van der Waals surface area contributed by atoms with E-state index in [2.05, 4.69) is 16.0 Å². The first-order valence-electron chi connectivity index (χ1n) is 10.3. The molecule has 2 aromatic carbocycles. The number of benzene rings is 2. The molecule has 1 saturated heterocycles. The molecule has 0 saturated carbocycles. The molecule has 0 bridgehead atoms. The molecule has 1 aliphatic rings. The number of halogens is 1. The van der Waals surface area contributed by atoms with Gasteiger partial charge in [-0.3, -0.25) is 14.5 Å². The van der Waals surface area contributed by atoms with Gasteiger partial charge in [-0.15, -0.1) is 0 Å². The van der Waals surface area contributed by atoms with Crippen LogP contribution in [0.4, 0.5) is 14.9 Å². The number of Topliss-reactive ketones (excluding diaryl/α,β-unsaturated/α-hetero) is 1. The van der Waals surface area contributed by atoms with Crippen LogP contribution in [0.1, 0.15) is 35.7 Å². The number of carbonyl (C=O) groups is 3. The summed E-state index contributed by atoms with van der Waals surface area (Å²) in [6.45, 7) is 3.54. The highest BCUT2D eigenvalue weighted by Crippen LogP contribution is 2.13. The van der Waals surface area contributed by atoms with Crippen LogP contribution in [-0.2, 0) is 11.3 Å². The molecule has 31 heavy (non-hydrogen) atoms. The third-order valence-corrected chi connectivity index (χ3v) is 5.22. The average Bonchev–Trinajstić information content (AvgIpc) is 2.75. The summed E-state index contributed by atoms with van der Waals surface area (Å²) in [5, 5.41) is 8.55. The number of likely N-dealkylation sites (tertiary alicyclic amines) is 1. The third kappa shape index (κ3) is 7.18. The number of ketones is 1. The molecule has 0 unspecified atom stereocenters. The van der Waals surface area contributed by atoms with Crippen LogP contribution >= 0.6 is 0 Å². The Hall–Kier alpha value is -3.26. The molecule has 164 valence electrons. The van der Waals surface area contributed by atoms with Gasteiger partial charge in [-0.2, -0.15) is 0 Å². The lowest BCUT2D eigenvalue weighted by molar-refractivity contribution is -0.122. The number of hydrogen-bond acceptors (Lipinski definition) is 4. The van der Waals surface area contributed by atoms with Crippen LogP contribution in [0.5, 0.6) is 0 Å². The second kappa shape index (κ2) is 10.7. The topological polar surface area (TPSA) is 90.5 Å². The van der Waals surface area contributed by atoms with E-state index in [1.807, 2.05) is 4.90 Å². The van der Waals surface area contributed by atoms with Crippen molar-refractivity contribution in [2.24, 2.45) is 0 Å². The highest BCUT2D eigenvalue weighted by molar-refractivity contribution is 5.96. The molecule has 0 aromatic heterocycles. The summed E-state index contributed by atoms with van der Waals surface area (Å²) in [7, 11) is 0. The van der Waals surface area contributed by atoms with E-state index in [1.165, 1.54) is 19.1 Å². The van der Waals surface area contributed by atoms with Gasteiger partial charge in [-0.25, -0.2) is 9.18 Å². The molecule has 8 heteroatoms. The molecule has 3 amide bonds. The molecule has 0 aliphatic carbocycles. The first-order valence-corrected chi connectivity index (χ1v) is 10.3. The Balaban J connectivity index is 1.36. The molecule has 3 N–H and O–H groups in total. The van der Waals surface area contributed by atoms with E-state index in [0.717, 1.165) is 18.4 Å². The Labute approximate surface area is 181 Å². The maximum atomic E-state index is 12.9. The number of nitrogens with zero attached hydrogens (tertiary/aromatic N) is 1. The number of nitrogens with one attached hydrogen (secondary N) is 3. The van der Waals surface area contributed by atoms with Crippen molar-refractivity contribution in [3.8, 4) is 0 Å². The maximum Gasteiger partial charge on any atom is 0.319 e. The minimum atomic E-state index is -0.309. The molecule has 2 aromatic rings. The van der Waals surface area contributed by atoms with Crippen molar-refractivity contribution in [3.63, 3.8) is 0 Å². The molecule has 1 heterocycles. The molecule has 7 nitrogen and oxygen atoms in total. The number of rotatable bonds is 7.